The highest BCUT2D eigenvalue weighted by Gasteiger charge is 2.41. The highest BCUT2D eigenvalue weighted by Crippen LogP contribution is 2.35. The molecule has 1 aliphatic heterocycles. The molecule has 2 aromatic rings. The number of alkyl halides is 3. The summed E-state index contributed by atoms with van der Waals surface area (Å²) in [4.78, 5) is 16.7. The molecule has 3 rings (SSSR count). The van der Waals surface area contributed by atoms with Crippen molar-refractivity contribution in [1.29, 1.82) is 0 Å². The number of aromatic nitrogens is 1. The van der Waals surface area contributed by atoms with Crippen LogP contribution in [0.4, 0.5) is 19.0 Å². The van der Waals surface area contributed by atoms with Crippen molar-refractivity contribution in [3.63, 3.8) is 0 Å². The van der Waals surface area contributed by atoms with E-state index >= 15 is 0 Å². The fourth-order valence-electron chi connectivity index (χ4n) is 3.33. The van der Waals surface area contributed by atoms with E-state index in [0.717, 1.165) is 17.8 Å². The van der Waals surface area contributed by atoms with E-state index in [1.807, 2.05) is 30.3 Å². The summed E-state index contributed by atoms with van der Waals surface area (Å²) in [6, 6.07) is 11.9. The summed E-state index contributed by atoms with van der Waals surface area (Å²) in [6.45, 7) is 1.73. The number of nitrogens with zero attached hydrogens (tertiary/aromatic N) is 1. The molecule has 1 amide bonds. The number of benzene rings is 1. The summed E-state index contributed by atoms with van der Waals surface area (Å²) in [5.41, 5.74) is -0.449. The minimum Gasteiger partial charge on any atom is -0.381 e. The smallest absolute Gasteiger partial charge is 0.381 e. The molecule has 0 aliphatic carbocycles. The van der Waals surface area contributed by atoms with Crippen LogP contribution in [0.3, 0.4) is 0 Å². The SMILES string of the molecule is O=C(NCCNc1ccc(C(F)(F)F)cn1)C1(c2ccccc2)CCOCC1. The summed E-state index contributed by atoms with van der Waals surface area (Å²) in [7, 11) is 0. The zero-order valence-corrected chi connectivity index (χ0v) is 15.3. The average molecular weight is 393 g/mol. The summed E-state index contributed by atoms with van der Waals surface area (Å²) in [6.07, 6.45) is -2.41. The Bertz CT molecular complexity index is 774. The maximum absolute atomic E-state index is 13.0. The third-order valence-electron chi connectivity index (χ3n) is 4.91. The summed E-state index contributed by atoms with van der Waals surface area (Å²) in [5, 5.41) is 5.85. The Hall–Kier alpha value is -2.61. The molecule has 1 aromatic carbocycles. The number of ether oxygens (including phenoxy) is 1. The standard InChI is InChI=1S/C20H22F3N3O2/c21-20(22,23)16-6-7-17(26-14-16)24-10-11-25-18(27)19(8-12-28-13-9-19)15-4-2-1-3-5-15/h1-7,14H,8-13H2,(H,24,26)(H,25,27). The van der Waals surface area contributed by atoms with Crippen LogP contribution in [0.15, 0.2) is 48.7 Å². The van der Waals surface area contributed by atoms with E-state index in [2.05, 4.69) is 15.6 Å². The average Bonchev–Trinajstić information content (AvgIpc) is 2.72. The molecule has 5 nitrogen and oxygen atoms in total. The Morgan fingerprint density at radius 3 is 2.39 bits per heavy atom. The number of hydrogen-bond acceptors (Lipinski definition) is 4. The van der Waals surface area contributed by atoms with E-state index in [1.54, 1.807) is 0 Å². The van der Waals surface area contributed by atoms with Gasteiger partial charge in [-0.15, -0.1) is 0 Å². The van der Waals surface area contributed by atoms with E-state index in [9.17, 15) is 18.0 Å². The van der Waals surface area contributed by atoms with Crippen molar-refractivity contribution in [2.24, 2.45) is 0 Å². The highest BCUT2D eigenvalue weighted by atomic mass is 19.4. The van der Waals surface area contributed by atoms with Crippen molar-refractivity contribution < 1.29 is 22.7 Å². The van der Waals surface area contributed by atoms with Crippen LogP contribution >= 0.6 is 0 Å². The first-order valence-corrected chi connectivity index (χ1v) is 9.10. The number of rotatable bonds is 6. The van der Waals surface area contributed by atoms with Crippen LogP contribution in [0.5, 0.6) is 0 Å². The van der Waals surface area contributed by atoms with Crippen molar-refractivity contribution >= 4 is 11.7 Å². The molecular formula is C20H22F3N3O2. The molecule has 150 valence electrons. The van der Waals surface area contributed by atoms with Gasteiger partial charge >= 0.3 is 6.18 Å². The number of anilines is 1. The van der Waals surface area contributed by atoms with Crippen molar-refractivity contribution in [3.05, 3.63) is 59.8 Å². The molecule has 0 bridgehead atoms. The molecule has 0 radical (unpaired) electrons. The fraction of sp³-hybridized carbons (Fsp3) is 0.400. The van der Waals surface area contributed by atoms with Gasteiger partial charge < -0.3 is 15.4 Å². The number of halogens is 3. The van der Waals surface area contributed by atoms with Crippen molar-refractivity contribution in [1.82, 2.24) is 10.3 Å². The van der Waals surface area contributed by atoms with Crippen LogP contribution in [0, 0.1) is 0 Å². The molecule has 1 aromatic heterocycles. The zero-order chi connectivity index (χ0) is 20.0. The topological polar surface area (TPSA) is 63.2 Å². The molecule has 1 aliphatic rings. The number of carbonyl (C=O) groups is 1. The summed E-state index contributed by atoms with van der Waals surface area (Å²) >= 11 is 0. The van der Waals surface area contributed by atoms with Gasteiger partial charge in [0.1, 0.15) is 5.82 Å². The van der Waals surface area contributed by atoms with Crippen LogP contribution in [-0.2, 0) is 21.1 Å². The second-order valence-electron chi connectivity index (χ2n) is 6.67. The quantitative estimate of drug-likeness (QED) is 0.739. The van der Waals surface area contributed by atoms with Crippen LogP contribution in [0.25, 0.3) is 0 Å². The number of nitrogens with one attached hydrogen (secondary N) is 2. The maximum atomic E-state index is 13.0. The minimum atomic E-state index is -4.41. The molecule has 28 heavy (non-hydrogen) atoms. The lowest BCUT2D eigenvalue weighted by Gasteiger charge is -2.36. The molecule has 0 saturated carbocycles. The second kappa shape index (κ2) is 8.60. The van der Waals surface area contributed by atoms with Crippen molar-refractivity contribution in [2.75, 3.05) is 31.6 Å². The number of pyridine rings is 1. The van der Waals surface area contributed by atoms with E-state index in [0.29, 0.717) is 45.0 Å². The monoisotopic (exact) mass is 393 g/mol. The lowest BCUT2D eigenvalue weighted by molar-refractivity contribution is -0.137. The Morgan fingerprint density at radius 1 is 1.07 bits per heavy atom. The minimum absolute atomic E-state index is 0.0656. The maximum Gasteiger partial charge on any atom is 0.417 e. The largest absolute Gasteiger partial charge is 0.417 e. The Morgan fingerprint density at radius 2 is 1.79 bits per heavy atom. The summed E-state index contributed by atoms with van der Waals surface area (Å²) in [5.74, 6) is 0.260. The zero-order valence-electron chi connectivity index (χ0n) is 15.3. The number of amides is 1. The van der Waals surface area contributed by atoms with Gasteiger partial charge in [0.25, 0.3) is 0 Å². The molecule has 8 heteroatoms. The van der Waals surface area contributed by atoms with Gasteiger partial charge in [-0.25, -0.2) is 4.98 Å². The molecule has 1 fully saturated rings. The van der Waals surface area contributed by atoms with Gasteiger partial charge in [-0.2, -0.15) is 13.2 Å². The summed E-state index contributed by atoms with van der Waals surface area (Å²) < 4.78 is 43.1. The first kappa shape index (κ1) is 20.1. The third kappa shape index (κ3) is 4.62. The molecule has 1 saturated heterocycles. The fourth-order valence-corrected chi connectivity index (χ4v) is 3.33. The molecule has 0 unspecified atom stereocenters. The van der Waals surface area contributed by atoms with Crippen LogP contribution in [0.1, 0.15) is 24.0 Å². The van der Waals surface area contributed by atoms with Crippen molar-refractivity contribution in [2.45, 2.75) is 24.4 Å². The lowest BCUT2D eigenvalue weighted by Crippen LogP contribution is -2.49. The third-order valence-corrected chi connectivity index (χ3v) is 4.91. The van der Waals surface area contributed by atoms with Crippen LogP contribution in [-0.4, -0.2) is 37.2 Å². The Balaban J connectivity index is 1.55. The molecule has 0 atom stereocenters. The van der Waals surface area contributed by atoms with Gasteiger partial charge in [0.2, 0.25) is 5.91 Å². The highest BCUT2D eigenvalue weighted by molar-refractivity contribution is 5.88. The first-order valence-electron chi connectivity index (χ1n) is 9.10. The Labute approximate surface area is 161 Å². The van der Waals surface area contributed by atoms with Crippen LogP contribution < -0.4 is 10.6 Å². The predicted octanol–water partition coefficient (Wildman–Crippen LogP) is 3.38. The predicted molar refractivity (Wildman–Crippen MR) is 98.9 cm³/mol. The normalized spacial score (nSPS) is 16.4. The van der Waals surface area contributed by atoms with Gasteiger partial charge in [0.05, 0.1) is 11.0 Å². The lowest BCUT2D eigenvalue weighted by atomic mass is 9.73. The second-order valence-corrected chi connectivity index (χ2v) is 6.67. The number of hydrogen-bond donors (Lipinski definition) is 2. The molecule has 0 spiro atoms. The van der Waals surface area contributed by atoms with Gasteiger partial charge in [-0.3, -0.25) is 4.79 Å². The molecule has 2 N–H and O–H groups in total. The number of carbonyl (C=O) groups excluding carboxylic acids is 1. The molecule has 2 heterocycles. The van der Waals surface area contributed by atoms with E-state index < -0.39 is 17.2 Å². The van der Waals surface area contributed by atoms with Gasteiger partial charge in [-0.05, 0) is 30.5 Å². The Kier molecular flexibility index (Phi) is 6.18. The van der Waals surface area contributed by atoms with Crippen LogP contribution in [0.2, 0.25) is 0 Å². The van der Waals surface area contributed by atoms with Gasteiger partial charge in [0.15, 0.2) is 0 Å². The van der Waals surface area contributed by atoms with Crippen molar-refractivity contribution in [3.8, 4) is 0 Å². The van der Waals surface area contributed by atoms with Gasteiger partial charge in [-0.1, -0.05) is 30.3 Å². The van der Waals surface area contributed by atoms with E-state index in [4.69, 9.17) is 4.74 Å². The van der Waals surface area contributed by atoms with E-state index in [-0.39, 0.29) is 5.91 Å². The molecular weight excluding hydrogens is 371 g/mol. The van der Waals surface area contributed by atoms with Gasteiger partial charge in [0, 0.05) is 32.5 Å². The first-order chi connectivity index (χ1) is 13.4. The van der Waals surface area contributed by atoms with E-state index in [1.165, 1.54) is 6.07 Å².